The minimum atomic E-state index is -2.42. The van der Waals surface area contributed by atoms with Gasteiger partial charge in [-0.05, 0) is 28.2 Å². The molecule has 0 bridgehead atoms. The van der Waals surface area contributed by atoms with Crippen molar-refractivity contribution in [3.05, 3.63) is 0 Å². The standard InChI is InChI=1S/C4H14N3OP/c1-5-9(8,6-2)7(3)4/h1-4H3,(H2,5,6,8). The lowest BCUT2D eigenvalue weighted by atomic mass is 11.3. The highest BCUT2D eigenvalue weighted by Crippen LogP contribution is 2.35. The normalized spacial score (nSPS) is 12.6. The number of nitrogens with one attached hydrogen (secondary N) is 2. The summed E-state index contributed by atoms with van der Waals surface area (Å²) in [5.41, 5.74) is 0. The van der Waals surface area contributed by atoms with E-state index in [0.717, 1.165) is 0 Å². The van der Waals surface area contributed by atoms with Crippen LogP contribution in [-0.4, -0.2) is 32.9 Å². The summed E-state index contributed by atoms with van der Waals surface area (Å²) in [7, 11) is 4.42. The fraction of sp³-hybridized carbons (Fsp3) is 1.00. The van der Waals surface area contributed by atoms with Gasteiger partial charge in [-0.15, -0.1) is 0 Å². The van der Waals surface area contributed by atoms with Crippen LogP contribution < -0.4 is 10.2 Å². The lowest BCUT2D eigenvalue weighted by molar-refractivity contribution is 0.496. The van der Waals surface area contributed by atoms with Gasteiger partial charge in [-0.1, -0.05) is 0 Å². The molecule has 0 fully saturated rings. The van der Waals surface area contributed by atoms with Gasteiger partial charge in [0, 0.05) is 0 Å². The van der Waals surface area contributed by atoms with Crippen molar-refractivity contribution in [1.82, 2.24) is 14.8 Å². The van der Waals surface area contributed by atoms with Crippen molar-refractivity contribution in [3.8, 4) is 0 Å². The maximum absolute atomic E-state index is 11.4. The van der Waals surface area contributed by atoms with Crippen LogP contribution in [-0.2, 0) is 4.57 Å². The lowest BCUT2D eigenvalue weighted by Crippen LogP contribution is -2.26. The van der Waals surface area contributed by atoms with Gasteiger partial charge < -0.3 is 0 Å². The molecule has 0 saturated carbocycles. The molecule has 0 aliphatic carbocycles. The first-order valence-corrected chi connectivity index (χ1v) is 4.38. The summed E-state index contributed by atoms with van der Waals surface area (Å²) in [4.78, 5) is 0. The molecule has 0 radical (unpaired) electrons. The van der Waals surface area contributed by atoms with E-state index in [9.17, 15) is 4.57 Å². The van der Waals surface area contributed by atoms with Crippen molar-refractivity contribution in [2.75, 3.05) is 28.2 Å². The Morgan fingerprint density at radius 1 is 1.22 bits per heavy atom. The molecule has 0 spiro atoms. The zero-order chi connectivity index (χ0) is 7.49. The second kappa shape index (κ2) is 3.32. The second-order valence-corrected chi connectivity index (χ2v) is 4.72. The molecule has 0 amide bonds. The molecule has 5 heteroatoms. The van der Waals surface area contributed by atoms with E-state index in [1.165, 1.54) is 0 Å². The van der Waals surface area contributed by atoms with Gasteiger partial charge in [0.1, 0.15) is 0 Å². The smallest absolute Gasteiger partial charge is 0.271 e. The molecule has 0 aromatic rings. The SMILES string of the molecule is CNP(=O)(NC)N(C)C. The molecular weight excluding hydrogens is 137 g/mol. The van der Waals surface area contributed by atoms with E-state index in [1.807, 2.05) is 0 Å². The molecule has 56 valence electrons. The Labute approximate surface area is 56.2 Å². The van der Waals surface area contributed by atoms with Gasteiger partial charge in [-0.2, -0.15) is 0 Å². The zero-order valence-corrected chi connectivity index (χ0v) is 7.20. The first-order valence-electron chi connectivity index (χ1n) is 2.72. The Kier molecular flexibility index (Phi) is 3.36. The highest BCUT2D eigenvalue weighted by Gasteiger charge is 2.18. The maximum atomic E-state index is 11.4. The van der Waals surface area contributed by atoms with Crippen LogP contribution in [0, 0.1) is 0 Å². The second-order valence-electron chi connectivity index (χ2n) is 1.87. The summed E-state index contributed by atoms with van der Waals surface area (Å²) in [6, 6.07) is 0. The lowest BCUT2D eigenvalue weighted by Gasteiger charge is -2.22. The molecule has 0 rings (SSSR count). The Bertz CT molecular complexity index is 117. The van der Waals surface area contributed by atoms with Gasteiger partial charge in [0.05, 0.1) is 0 Å². The van der Waals surface area contributed by atoms with Crippen LogP contribution in [0.2, 0.25) is 0 Å². The van der Waals surface area contributed by atoms with Crippen molar-refractivity contribution < 1.29 is 4.57 Å². The maximum Gasteiger partial charge on any atom is 0.280 e. The number of rotatable bonds is 3. The van der Waals surface area contributed by atoms with Gasteiger partial charge in [-0.25, -0.2) is 14.8 Å². The molecule has 0 saturated heterocycles. The molecule has 0 heterocycles. The number of hydrogen-bond donors (Lipinski definition) is 2. The zero-order valence-electron chi connectivity index (χ0n) is 6.30. The van der Waals surface area contributed by atoms with E-state index in [2.05, 4.69) is 10.2 Å². The summed E-state index contributed by atoms with van der Waals surface area (Å²) in [5, 5.41) is 5.40. The quantitative estimate of drug-likeness (QED) is 0.561. The third kappa shape index (κ3) is 2.06. The summed E-state index contributed by atoms with van der Waals surface area (Å²) >= 11 is 0. The Balaban J connectivity index is 4.11. The van der Waals surface area contributed by atoms with Crippen molar-refractivity contribution in [3.63, 3.8) is 0 Å². The molecule has 0 atom stereocenters. The largest absolute Gasteiger partial charge is 0.280 e. The Morgan fingerprint density at radius 3 is 1.56 bits per heavy atom. The molecule has 0 aromatic carbocycles. The van der Waals surface area contributed by atoms with Crippen LogP contribution >= 0.6 is 7.59 Å². The molecule has 0 aliphatic rings. The third-order valence-electron chi connectivity index (χ3n) is 1.17. The van der Waals surface area contributed by atoms with Gasteiger partial charge in [0.15, 0.2) is 0 Å². The fourth-order valence-corrected chi connectivity index (χ4v) is 1.54. The minimum Gasteiger partial charge on any atom is -0.271 e. The molecule has 4 nitrogen and oxygen atoms in total. The molecule has 9 heavy (non-hydrogen) atoms. The Morgan fingerprint density at radius 2 is 1.56 bits per heavy atom. The summed E-state index contributed by atoms with van der Waals surface area (Å²) in [6.07, 6.45) is 0. The minimum absolute atomic E-state index is 1.63. The predicted molar refractivity (Wildman–Crippen MR) is 39.4 cm³/mol. The van der Waals surface area contributed by atoms with Crippen LogP contribution in [0.4, 0.5) is 0 Å². The molecule has 0 aromatic heterocycles. The fourth-order valence-electron chi connectivity index (χ4n) is 0.512. The van der Waals surface area contributed by atoms with E-state index in [1.54, 1.807) is 32.9 Å². The first-order chi connectivity index (χ1) is 4.06. The van der Waals surface area contributed by atoms with Gasteiger partial charge >= 0.3 is 0 Å². The highest BCUT2D eigenvalue weighted by atomic mass is 31.2. The molecular formula is C4H14N3OP. The van der Waals surface area contributed by atoms with E-state index >= 15 is 0 Å². The van der Waals surface area contributed by atoms with Crippen molar-refractivity contribution in [2.24, 2.45) is 0 Å². The van der Waals surface area contributed by atoms with E-state index < -0.39 is 7.59 Å². The summed E-state index contributed by atoms with van der Waals surface area (Å²) in [6.45, 7) is 0. The van der Waals surface area contributed by atoms with Crippen molar-refractivity contribution in [1.29, 1.82) is 0 Å². The van der Waals surface area contributed by atoms with E-state index in [-0.39, 0.29) is 0 Å². The predicted octanol–water partition coefficient (Wildman–Crippen LogP) is 0.0949. The van der Waals surface area contributed by atoms with Crippen LogP contribution in [0.3, 0.4) is 0 Å². The van der Waals surface area contributed by atoms with Gasteiger partial charge in [-0.3, -0.25) is 4.57 Å². The van der Waals surface area contributed by atoms with Gasteiger partial charge in [0.2, 0.25) is 0 Å². The molecule has 0 unspecified atom stereocenters. The summed E-state index contributed by atoms with van der Waals surface area (Å²) in [5.74, 6) is 0. The average molecular weight is 151 g/mol. The van der Waals surface area contributed by atoms with Crippen molar-refractivity contribution in [2.45, 2.75) is 0 Å². The monoisotopic (exact) mass is 151 g/mol. The van der Waals surface area contributed by atoms with E-state index in [4.69, 9.17) is 0 Å². The summed E-state index contributed by atoms with van der Waals surface area (Å²) < 4.78 is 13.0. The van der Waals surface area contributed by atoms with Crippen LogP contribution in [0.15, 0.2) is 0 Å². The average Bonchev–Trinajstić information content (AvgIpc) is 1.86. The highest BCUT2D eigenvalue weighted by molar-refractivity contribution is 7.57. The number of hydrogen-bond acceptors (Lipinski definition) is 1. The third-order valence-corrected chi connectivity index (χ3v) is 3.51. The Hall–Kier alpha value is 0.110. The molecule has 0 aliphatic heterocycles. The van der Waals surface area contributed by atoms with Crippen LogP contribution in [0.5, 0.6) is 0 Å². The molecule has 2 N–H and O–H groups in total. The van der Waals surface area contributed by atoms with Gasteiger partial charge in [0.25, 0.3) is 7.59 Å². The first kappa shape index (κ1) is 9.11. The van der Waals surface area contributed by atoms with Crippen LogP contribution in [0.25, 0.3) is 0 Å². The number of nitrogens with zero attached hydrogens (tertiary/aromatic N) is 1. The van der Waals surface area contributed by atoms with E-state index in [0.29, 0.717) is 0 Å². The van der Waals surface area contributed by atoms with Crippen LogP contribution in [0.1, 0.15) is 0 Å². The topological polar surface area (TPSA) is 44.4 Å². The van der Waals surface area contributed by atoms with Crippen molar-refractivity contribution >= 4 is 7.59 Å².